The maximum Gasteiger partial charge on any atom is 0.363 e. The molecule has 1 aromatic heterocycles. The van der Waals surface area contributed by atoms with Crippen LogP contribution in [0.1, 0.15) is 13.2 Å². The molecule has 1 rings (SSSR count). The van der Waals surface area contributed by atoms with Gasteiger partial charge in [0.2, 0.25) is 0 Å². The van der Waals surface area contributed by atoms with E-state index in [1.165, 1.54) is 12.3 Å². The van der Waals surface area contributed by atoms with Crippen molar-refractivity contribution >= 4 is 5.97 Å². The van der Waals surface area contributed by atoms with Crippen molar-refractivity contribution in [3.8, 4) is 0 Å². The first-order chi connectivity index (χ1) is 6.66. The molecule has 0 aliphatic rings. The van der Waals surface area contributed by atoms with E-state index in [9.17, 15) is 14.0 Å². The fourth-order valence-electron chi connectivity index (χ4n) is 0.850. The molecular formula is C8H9FN2O3. The summed E-state index contributed by atoms with van der Waals surface area (Å²) >= 11 is 0. The van der Waals surface area contributed by atoms with Crippen molar-refractivity contribution in [1.29, 1.82) is 0 Å². The van der Waals surface area contributed by atoms with Crippen molar-refractivity contribution in [3.63, 3.8) is 0 Å². The second-order valence-electron chi connectivity index (χ2n) is 2.39. The van der Waals surface area contributed by atoms with Crippen LogP contribution in [0.25, 0.3) is 0 Å². The zero-order valence-corrected chi connectivity index (χ0v) is 7.51. The summed E-state index contributed by atoms with van der Waals surface area (Å²) in [5.74, 6) is -1.12. The fraction of sp³-hybridized carbons (Fsp3) is 0.375. The van der Waals surface area contributed by atoms with Crippen molar-refractivity contribution in [2.45, 2.75) is 13.2 Å². The second kappa shape index (κ2) is 4.50. The number of carbonyl (C=O) groups excluding carboxylic acids is 1. The molecule has 0 spiro atoms. The highest BCUT2D eigenvalue weighted by molar-refractivity contribution is 5.72. The molecule has 0 bridgehead atoms. The van der Waals surface area contributed by atoms with Gasteiger partial charge in [-0.25, -0.2) is 9.18 Å². The van der Waals surface area contributed by atoms with E-state index in [-0.39, 0.29) is 6.61 Å². The van der Waals surface area contributed by atoms with Gasteiger partial charge in [0.1, 0.15) is 0 Å². The molecule has 76 valence electrons. The van der Waals surface area contributed by atoms with Crippen LogP contribution >= 0.6 is 0 Å². The van der Waals surface area contributed by atoms with Gasteiger partial charge in [-0.3, -0.25) is 4.79 Å². The summed E-state index contributed by atoms with van der Waals surface area (Å²) in [4.78, 5) is 21.9. The summed E-state index contributed by atoms with van der Waals surface area (Å²) in [6.45, 7) is 1.60. The van der Waals surface area contributed by atoms with Crippen LogP contribution in [-0.2, 0) is 9.53 Å². The Morgan fingerprint density at radius 1 is 1.79 bits per heavy atom. The zero-order valence-electron chi connectivity index (χ0n) is 7.51. The molecular weight excluding hydrogens is 191 g/mol. The van der Waals surface area contributed by atoms with Gasteiger partial charge in [0.15, 0.2) is 0 Å². The Labute approximate surface area is 79.1 Å². The smallest absolute Gasteiger partial charge is 0.363 e. The Bertz CT molecular complexity index is 377. The Kier molecular flexibility index (Phi) is 3.33. The highest BCUT2D eigenvalue weighted by Crippen LogP contribution is 2.04. The lowest BCUT2D eigenvalue weighted by Crippen LogP contribution is -2.29. The quantitative estimate of drug-likeness (QED) is 0.657. The Morgan fingerprint density at radius 3 is 3.07 bits per heavy atom. The van der Waals surface area contributed by atoms with E-state index in [0.29, 0.717) is 4.68 Å². The van der Waals surface area contributed by atoms with Crippen LogP contribution in [0.5, 0.6) is 0 Å². The molecule has 1 heterocycles. The number of hydrogen-bond donors (Lipinski definition) is 0. The van der Waals surface area contributed by atoms with Crippen LogP contribution in [0.15, 0.2) is 23.1 Å². The Hall–Kier alpha value is -1.72. The number of alkyl halides is 1. The lowest BCUT2D eigenvalue weighted by atomic mass is 10.5. The van der Waals surface area contributed by atoms with Crippen LogP contribution in [0.2, 0.25) is 0 Å². The maximum absolute atomic E-state index is 13.2. The fourth-order valence-corrected chi connectivity index (χ4v) is 0.850. The number of carbonyl (C=O) groups is 1. The monoisotopic (exact) mass is 200 g/mol. The molecule has 6 heteroatoms. The third kappa shape index (κ3) is 2.15. The first-order valence-corrected chi connectivity index (χ1v) is 4.01. The molecule has 0 aromatic carbocycles. The second-order valence-corrected chi connectivity index (χ2v) is 2.39. The third-order valence-corrected chi connectivity index (χ3v) is 1.44. The number of esters is 1. The Balaban J connectivity index is 2.89. The van der Waals surface area contributed by atoms with Gasteiger partial charge in [0.05, 0.1) is 6.61 Å². The summed E-state index contributed by atoms with van der Waals surface area (Å²) in [7, 11) is 0. The standard InChI is InChI=1S/C8H9FN2O3/c1-2-14-8(13)7(9)11-6(12)4-3-5-10-11/h3-5,7H,2H2,1H3. The highest BCUT2D eigenvalue weighted by atomic mass is 19.1. The molecule has 5 nitrogen and oxygen atoms in total. The summed E-state index contributed by atoms with van der Waals surface area (Å²) in [6.07, 6.45) is -0.962. The first kappa shape index (κ1) is 10.4. The van der Waals surface area contributed by atoms with E-state index in [1.807, 2.05) is 0 Å². The zero-order chi connectivity index (χ0) is 10.6. The number of ether oxygens (including phenoxy) is 1. The van der Waals surface area contributed by atoms with Gasteiger partial charge in [0, 0.05) is 12.3 Å². The van der Waals surface area contributed by atoms with Crippen LogP contribution in [0.3, 0.4) is 0 Å². The average molecular weight is 200 g/mol. The molecule has 0 fully saturated rings. The molecule has 0 amide bonds. The number of aromatic nitrogens is 2. The largest absolute Gasteiger partial charge is 0.462 e. The predicted octanol–water partition coefficient (Wildman–Crippen LogP) is 0.274. The van der Waals surface area contributed by atoms with Gasteiger partial charge in [-0.15, -0.1) is 0 Å². The molecule has 0 N–H and O–H groups in total. The molecule has 1 aromatic rings. The SMILES string of the molecule is CCOC(=O)C(F)n1ncccc1=O. The van der Waals surface area contributed by atoms with Gasteiger partial charge < -0.3 is 4.74 Å². The lowest BCUT2D eigenvalue weighted by molar-refractivity contribution is -0.153. The normalized spacial score (nSPS) is 12.1. The summed E-state index contributed by atoms with van der Waals surface area (Å²) < 4.78 is 18.0. The van der Waals surface area contributed by atoms with Crippen molar-refractivity contribution in [2.24, 2.45) is 0 Å². The van der Waals surface area contributed by atoms with Gasteiger partial charge in [0.25, 0.3) is 11.9 Å². The molecule has 0 saturated carbocycles. The van der Waals surface area contributed by atoms with E-state index in [0.717, 1.165) is 6.07 Å². The highest BCUT2D eigenvalue weighted by Gasteiger charge is 2.22. The number of halogens is 1. The Morgan fingerprint density at radius 2 is 2.50 bits per heavy atom. The van der Waals surface area contributed by atoms with Crippen molar-refractivity contribution in [2.75, 3.05) is 6.61 Å². The van der Waals surface area contributed by atoms with Gasteiger partial charge in [-0.2, -0.15) is 9.78 Å². The van der Waals surface area contributed by atoms with Crippen molar-refractivity contribution in [3.05, 3.63) is 28.7 Å². The molecule has 0 radical (unpaired) electrons. The predicted molar refractivity (Wildman–Crippen MR) is 45.3 cm³/mol. The number of rotatable bonds is 3. The van der Waals surface area contributed by atoms with Crippen LogP contribution in [-0.4, -0.2) is 22.4 Å². The summed E-state index contributed by atoms with van der Waals surface area (Å²) in [6, 6.07) is 2.47. The minimum Gasteiger partial charge on any atom is -0.462 e. The van der Waals surface area contributed by atoms with Crippen molar-refractivity contribution in [1.82, 2.24) is 9.78 Å². The minimum atomic E-state index is -2.18. The van der Waals surface area contributed by atoms with Crippen molar-refractivity contribution < 1.29 is 13.9 Å². The lowest BCUT2D eigenvalue weighted by Gasteiger charge is -2.07. The molecule has 0 aliphatic carbocycles. The van der Waals surface area contributed by atoms with Crippen LogP contribution in [0.4, 0.5) is 4.39 Å². The summed E-state index contributed by atoms with van der Waals surface area (Å²) in [5, 5.41) is 3.41. The van der Waals surface area contributed by atoms with Gasteiger partial charge in [-0.05, 0) is 13.0 Å². The summed E-state index contributed by atoms with van der Waals surface area (Å²) in [5.41, 5.74) is -0.687. The van der Waals surface area contributed by atoms with Gasteiger partial charge in [-0.1, -0.05) is 0 Å². The van der Waals surface area contributed by atoms with E-state index >= 15 is 0 Å². The topological polar surface area (TPSA) is 61.2 Å². The minimum absolute atomic E-state index is 0.0564. The number of nitrogens with zero attached hydrogens (tertiary/aromatic N) is 2. The van der Waals surface area contributed by atoms with Crippen LogP contribution in [0, 0.1) is 0 Å². The maximum atomic E-state index is 13.2. The molecule has 0 aliphatic heterocycles. The number of hydrogen-bond acceptors (Lipinski definition) is 4. The van der Waals surface area contributed by atoms with E-state index in [4.69, 9.17) is 0 Å². The molecule has 0 saturated heterocycles. The van der Waals surface area contributed by atoms with Gasteiger partial charge >= 0.3 is 5.97 Å². The van der Waals surface area contributed by atoms with E-state index in [2.05, 4.69) is 9.84 Å². The average Bonchev–Trinajstić information content (AvgIpc) is 2.18. The van der Waals surface area contributed by atoms with Crippen LogP contribution < -0.4 is 5.56 Å². The first-order valence-electron chi connectivity index (χ1n) is 4.01. The molecule has 1 unspecified atom stereocenters. The van der Waals surface area contributed by atoms with E-state index < -0.39 is 17.8 Å². The third-order valence-electron chi connectivity index (χ3n) is 1.44. The molecule has 1 atom stereocenters. The van der Waals surface area contributed by atoms with E-state index in [1.54, 1.807) is 6.92 Å². The molecule has 14 heavy (non-hydrogen) atoms.